The minimum absolute atomic E-state index is 0.0318. The van der Waals surface area contributed by atoms with Gasteiger partial charge in [0, 0.05) is 5.92 Å². The first-order valence-electron chi connectivity index (χ1n) is 7.43. The normalized spacial score (nSPS) is 42.7. The molecule has 0 aromatic heterocycles. The van der Waals surface area contributed by atoms with E-state index in [1.807, 2.05) is 19.9 Å². The topological polar surface area (TPSA) is 69.9 Å². The molecule has 0 saturated heterocycles. The molecule has 0 bridgehead atoms. The van der Waals surface area contributed by atoms with Crippen LogP contribution in [-0.4, -0.2) is 33.1 Å². The van der Waals surface area contributed by atoms with Crippen LogP contribution in [0.4, 0.5) is 0 Å². The lowest BCUT2D eigenvalue weighted by atomic mass is 9.77. The molecule has 0 aliphatic heterocycles. The molecule has 2 aliphatic carbocycles. The molecule has 0 amide bonds. The number of hydrogen-bond donors (Lipinski definition) is 3. The fourth-order valence-electron chi connectivity index (χ4n) is 3.87. The molecule has 4 heteroatoms. The third-order valence-corrected chi connectivity index (χ3v) is 5.21. The molecule has 3 N–H and O–H groups in total. The van der Waals surface area contributed by atoms with Gasteiger partial charge in [-0.25, -0.2) is 0 Å². The molecule has 0 aromatic rings. The minimum Gasteiger partial charge on any atom is -0.481 e. The van der Waals surface area contributed by atoms with Crippen LogP contribution in [0.3, 0.4) is 0 Å². The highest BCUT2D eigenvalue weighted by Crippen LogP contribution is 2.50. The molecule has 6 atom stereocenters. The Labute approximate surface area is 126 Å². The Morgan fingerprint density at radius 1 is 1.38 bits per heavy atom. The molecule has 6 unspecified atom stereocenters. The van der Waals surface area contributed by atoms with Crippen molar-refractivity contribution in [2.24, 2.45) is 17.8 Å². The zero-order chi connectivity index (χ0) is 15.9. The van der Waals surface area contributed by atoms with Gasteiger partial charge in [-0.3, -0.25) is 0 Å². The Morgan fingerprint density at radius 2 is 2.00 bits per heavy atom. The summed E-state index contributed by atoms with van der Waals surface area (Å²) in [7, 11) is 0. The van der Waals surface area contributed by atoms with E-state index >= 15 is 0 Å². The van der Waals surface area contributed by atoms with Gasteiger partial charge in [0.05, 0.1) is 11.7 Å². The molecule has 4 nitrogen and oxygen atoms in total. The Balaban J connectivity index is 2.39. The first-order chi connectivity index (χ1) is 9.64. The van der Waals surface area contributed by atoms with Crippen molar-refractivity contribution in [2.45, 2.75) is 51.4 Å². The van der Waals surface area contributed by atoms with Gasteiger partial charge < -0.3 is 20.1 Å². The number of allylic oxidation sites excluding steroid dienone is 1. The fraction of sp³-hybridized carbons (Fsp3) is 0.647. The first kappa shape index (κ1) is 16.1. The zero-order valence-corrected chi connectivity index (χ0v) is 13.0. The predicted molar refractivity (Wildman–Crippen MR) is 81.5 cm³/mol. The number of rotatable bonds is 3. The average molecular weight is 294 g/mol. The maximum absolute atomic E-state index is 10.7. The summed E-state index contributed by atoms with van der Waals surface area (Å²) in [6.45, 7) is 13.0. The molecule has 118 valence electrons. The van der Waals surface area contributed by atoms with E-state index in [2.05, 4.69) is 13.2 Å². The molecule has 21 heavy (non-hydrogen) atoms. The molecule has 0 radical (unpaired) electrons. The van der Waals surface area contributed by atoms with E-state index in [1.54, 1.807) is 6.92 Å². The lowest BCUT2D eigenvalue weighted by Gasteiger charge is -2.33. The van der Waals surface area contributed by atoms with E-state index in [1.165, 1.54) is 0 Å². The zero-order valence-electron chi connectivity index (χ0n) is 13.0. The van der Waals surface area contributed by atoms with Crippen molar-refractivity contribution in [3.8, 4) is 0 Å². The SMILES string of the molecule is C=C(O)OC1C=C(C)C2CC(O)C(C)(O)C2CC1C(=C)C. The third-order valence-electron chi connectivity index (χ3n) is 5.21. The summed E-state index contributed by atoms with van der Waals surface area (Å²) in [6.07, 6.45) is 2.14. The summed E-state index contributed by atoms with van der Waals surface area (Å²) in [5.41, 5.74) is 0.897. The van der Waals surface area contributed by atoms with E-state index in [4.69, 9.17) is 4.74 Å². The maximum atomic E-state index is 10.7. The van der Waals surface area contributed by atoms with E-state index in [-0.39, 0.29) is 29.8 Å². The summed E-state index contributed by atoms with van der Waals surface area (Å²) in [5.74, 6) is -0.270. The first-order valence-corrected chi connectivity index (χ1v) is 7.43. The van der Waals surface area contributed by atoms with Crippen LogP contribution in [0.5, 0.6) is 0 Å². The summed E-state index contributed by atoms with van der Waals surface area (Å²) < 4.78 is 5.46. The lowest BCUT2D eigenvalue weighted by molar-refractivity contribution is -0.0754. The van der Waals surface area contributed by atoms with Crippen molar-refractivity contribution in [1.82, 2.24) is 0 Å². The highest BCUT2D eigenvalue weighted by Gasteiger charge is 2.53. The second-order valence-electron chi connectivity index (χ2n) is 6.77. The van der Waals surface area contributed by atoms with Gasteiger partial charge in [0.15, 0.2) is 0 Å². The minimum atomic E-state index is -1.11. The largest absolute Gasteiger partial charge is 0.481 e. The average Bonchev–Trinajstić information content (AvgIpc) is 2.48. The van der Waals surface area contributed by atoms with Crippen LogP contribution in [-0.2, 0) is 4.74 Å². The van der Waals surface area contributed by atoms with Gasteiger partial charge in [0.2, 0.25) is 0 Å². The Kier molecular flexibility index (Phi) is 4.22. The van der Waals surface area contributed by atoms with E-state index in [0.717, 1.165) is 11.1 Å². The van der Waals surface area contributed by atoms with Crippen molar-refractivity contribution >= 4 is 0 Å². The monoisotopic (exact) mass is 294 g/mol. The number of aliphatic hydroxyl groups is 3. The van der Waals surface area contributed by atoms with E-state index in [0.29, 0.717) is 12.8 Å². The summed E-state index contributed by atoms with van der Waals surface area (Å²) in [4.78, 5) is 0. The van der Waals surface area contributed by atoms with Gasteiger partial charge >= 0.3 is 0 Å². The van der Waals surface area contributed by atoms with Gasteiger partial charge in [-0.2, -0.15) is 0 Å². The molecule has 0 aromatic carbocycles. The van der Waals surface area contributed by atoms with Crippen LogP contribution < -0.4 is 0 Å². The quantitative estimate of drug-likeness (QED) is 0.553. The Bertz CT molecular complexity index is 477. The predicted octanol–water partition coefficient (Wildman–Crippen LogP) is 2.69. The van der Waals surface area contributed by atoms with Gasteiger partial charge in [-0.1, -0.05) is 17.7 Å². The van der Waals surface area contributed by atoms with Gasteiger partial charge in [0.25, 0.3) is 5.95 Å². The molecule has 2 rings (SSSR count). The summed E-state index contributed by atoms with van der Waals surface area (Å²) >= 11 is 0. The molecule has 2 aliphatic rings. The number of hydrogen-bond acceptors (Lipinski definition) is 4. The lowest BCUT2D eigenvalue weighted by Crippen LogP contribution is -2.42. The smallest absolute Gasteiger partial charge is 0.269 e. The number of ether oxygens (including phenoxy) is 1. The van der Waals surface area contributed by atoms with Crippen molar-refractivity contribution in [3.63, 3.8) is 0 Å². The second kappa shape index (κ2) is 5.50. The maximum Gasteiger partial charge on any atom is 0.269 e. The van der Waals surface area contributed by atoms with Crippen molar-refractivity contribution in [3.05, 3.63) is 36.3 Å². The Hall–Kier alpha value is -1.26. The molecular formula is C17H26O4. The van der Waals surface area contributed by atoms with Crippen molar-refractivity contribution in [2.75, 3.05) is 0 Å². The van der Waals surface area contributed by atoms with Crippen molar-refractivity contribution in [1.29, 1.82) is 0 Å². The standard InChI is InChI=1S/C17H26O4/c1-9(2)12-7-14-13(8-16(19)17(14,5)20)10(3)6-15(12)21-11(4)18/h6,12-16,18-20H,1,4,7-8H2,2-3,5H3. The van der Waals surface area contributed by atoms with Crippen LogP contribution in [0.25, 0.3) is 0 Å². The number of aliphatic hydroxyl groups excluding tert-OH is 2. The highest BCUT2D eigenvalue weighted by molar-refractivity contribution is 5.22. The van der Waals surface area contributed by atoms with Crippen molar-refractivity contribution < 1.29 is 20.1 Å². The highest BCUT2D eigenvalue weighted by atomic mass is 16.6. The summed E-state index contributed by atoms with van der Waals surface area (Å²) in [6, 6.07) is 0. The Morgan fingerprint density at radius 3 is 2.52 bits per heavy atom. The molecule has 0 spiro atoms. The fourth-order valence-corrected chi connectivity index (χ4v) is 3.87. The van der Waals surface area contributed by atoms with Crippen LogP contribution in [0.1, 0.15) is 33.6 Å². The van der Waals surface area contributed by atoms with Crippen LogP contribution in [0, 0.1) is 17.8 Å². The molecule has 1 fully saturated rings. The van der Waals surface area contributed by atoms with Crippen LogP contribution in [0.2, 0.25) is 0 Å². The third kappa shape index (κ3) is 2.87. The van der Waals surface area contributed by atoms with Gasteiger partial charge in [0.1, 0.15) is 6.10 Å². The van der Waals surface area contributed by atoms with E-state index < -0.39 is 11.7 Å². The van der Waals surface area contributed by atoms with Gasteiger partial charge in [-0.15, -0.1) is 0 Å². The van der Waals surface area contributed by atoms with Crippen LogP contribution >= 0.6 is 0 Å². The van der Waals surface area contributed by atoms with Gasteiger partial charge in [-0.05, 0) is 58.1 Å². The molecule has 1 saturated carbocycles. The molecule has 0 heterocycles. The second-order valence-corrected chi connectivity index (χ2v) is 6.77. The summed E-state index contributed by atoms with van der Waals surface area (Å²) in [5, 5.41) is 30.2. The number of fused-ring (bicyclic) bond motifs is 1. The molecular weight excluding hydrogens is 268 g/mol. The van der Waals surface area contributed by atoms with E-state index in [9.17, 15) is 15.3 Å². The van der Waals surface area contributed by atoms with Crippen LogP contribution in [0.15, 0.2) is 36.3 Å².